The van der Waals surface area contributed by atoms with E-state index in [2.05, 4.69) is 20.1 Å². The fourth-order valence-corrected chi connectivity index (χ4v) is 6.15. The number of amides is 2. The van der Waals surface area contributed by atoms with Crippen molar-refractivity contribution in [2.75, 3.05) is 36.0 Å². The summed E-state index contributed by atoms with van der Waals surface area (Å²) in [7, 11) is 0. The van der Waals surface area contributed by atoms with Crippen LogP contribution in [0.1, 0.15) is 44.6 Å². The van der Waals surface area contributed by atoms with Gasteiger partial charge < -0.3 is 24.3 Å². The molecule has 3 aliphatic rings. The molecule has 3 fully saturated rings. The molecule has 0 bridgehead atoms. The van der Waals surface area contributed by atoms with Gasteiger partial charge in [-0.3, -0.25) is 19.5 Å². The Bertz CT molecular complexity index is 1460. The van der Waals surface area contributed by atoms with Crippen molar-refractivity contribution in [2.45, 2.75) is 44.6 Å². The minimum atomic E-state index is -0.766. The molecule has 2 amide bonds. The number of nitrogens with zero attached hydrogens (tertiary/aromatic N) is 5. The van der Waals surface area contributed by atoms with Crippen molar-refractivity contribution in [1.29, 1.82) is 0 Å². The Morgan fingerprint density at radius 2 is 1.71 bits per heavy atom. The maximum atomic E-state index is 12.8. The number of carbonyl (C=O) groups is 2. The quantitative estimate of drug-likeness (QED) is 0.312. The molecule has 1 aromatic carbocycles. The molecular formula is C26H28N6O6. The number of nitro groups is 1. The van der Waals surface area contributed by atoms with E-state index in [4.69, 9.17) is 4.42 Å². The van der Waals surface area contributed by atoms with Gasteiger partial charge in [-0.2, -0.15) is 0 Å². The standard InChI is InChI=1S/C26H28N6O6/c33-22-7-5-20(24(34)28-22)31-19-3-1-2-18(23(19)38-25(31)35)30-14-10-26(11-15-30)8-12-29(13-9-26)17-4-6-21(27-16-17)32(36)37/h1-4,6,16,20H,5,7-15H2,(H,28,33,34). The Kier molecular flexibility index (Phi) is 5.88. The number of rotatable bonds is 4. The molecule has 1 unspecified atom stereocenters. The van der Waals surface area contributed by atoms with Crippen molar-refractivity contribution in [3.05, 3.63) is 57.2 Å². The molecule has 12 nitrogen and oxygen atoms in total. The normalized spacial score (nSPS) is 21.6. The summed E-state index contributed by atoms with van der Waals surface area (Å²) in [6.07, 6.45) is 6.10. The van der Waals surface area contributed by atoms with Crippen LogP contribution >= 0.6 is 0 Å². The first kappa shape index (κ1) is 24.1. The highest BCUT2D eigenvalue weighted by Gasteiger charge is 2.39. The van der Waals surface area contributed by atoms with Gasteiger partial charge >= 0.3 is 11.6 Å². The Morgan fingerprint density at radius 1 is 1.00 bits per heavy atom. The van der Waals surface area contributed by atoms with Crippen LogP contribution in [-0.2, 0) is 9.59 Å². The maximum absolute atomic E-state index is 12.8. The molecule has 0 radical (unpaired) electrons. The van der Waals surface area contributed by atoms with E-state index in [0.717, 1.165) is 63.2 Å². The fraction of sp³-hybridized carbons (Fsp3) is 0.462. The molecule has 198 valence electrons. The van der Waals surface area contributed by atoms with E-state index in [-0.39, 0.29) is 30.0 Å². The van der Waals surface area contributed by atoms with Crippen molar-refractivity contribution >= 4 is 40.1 Å². The lowest BCUT2D eigenvalue weighted by Crippen LogP contribution is -2.47. The summed E-state index contributed by atoms with van der Waals surface area (Å²) in [6, 6.07) is 8.05. The van der Waals surface area contributed by atoms with Gasteiger partial charge in [-0.1, -0.05) is 6.07 Å². The van der Waals surface area contributed by atoms with Crippen molar-refractivity contribution in [3.63, 3.8) is 0 Å². The molecule has 1 N–H and O–H groups in total. The van der Waals surface area contributed by atoms with Crippen molar-refractivity contribution < 1.29 is 18.9 Å². The molecule has 2 aromatic heterocycles. The largest absolute Gasteiger partial charge is 0.420 e. The topological polar surface area (TPSA) is 144 Å². The smallest absolute Gasteiger partial charge is 0.405 e. The van der Waals surface area contributed by atoms with Gasteiger partial charge in [-0.05, 0) is 65.6 Å². The average Bonchev–Trinajstić information content (AvgIpc) is 3.25. The molecule has 3 saturated heterocycles. The summed E-state index contributed by atoms with van der Waals surface area (Å²) < 4.78 is 7.05. The Balaban J connectivity index is 1.15. The molecule has 1 atom stereocenters. The van der Waals surface area contributed by atoms with Crippen LogP contribution in [0.5, 0.6) is 0 Å². The zero-order valence-electron chi connectivity index (χ0n) is 20.8. The van der Waals surface area contributed by atoms with E-state index in [1.165, 1.54) is 10.6 Å². The second-order valence-electron chi connectivity index (χ2n) is 10.4. The SMILES string of the molecule is O=C1CCC(n2c(=O)oc3c(N4CCC5(CCN(c6ccc([N+](=O)[O-])nc6)CC5)CC4)cccc32)C(=O)N1. The number of benzene rings is 1. The summed E-state index contributed by atoms with van der Waals surface area (Å²) in [5.74, 6) is -1.55. The Morgan fingerprint density at radius 3 is 2.34 bits per heavy atom. The van der Waals surface area contributed by atoms with E-state index >= 15 is 0 Å². The molecule has 3 aromatic rings. The van der Waals surface area contributed by atoms with E-state index in [0.29, 0.717) is 11.1 Å². The van der Waals surface area contributed by atoms with Crippen molar-refractivity contribution in [3.8, 4) is 0 Å². The number of imide groups is 1. The van der Waals surface area contributed by atoms with Gasteiger partial charge in [0, 0.05) is 38.7 Å². The van der Waals surface area contributed by atoms with Crippen LogP contribution in [0.3, 0.4) is 0 Å². The lowest BCUT2D eigenvalue weighted by Gasteiger charge is -2.47. The number of pyridine rings is 1. The van der Waals surface area contributed by atoms with E-state index < -0.39 is 22.6 Å². The second kappa shape index (κ2) is 9.26. The third-order valence-electron chi connectivity index (χ3n) is 8.41. The Hall–Kier alpha value is -4.22. The van der Waals surface area contributed by atoms with Crippen LogP contribution in [0, 0.1) is 15.5 Å². The molecule has 3 aliphatic heterocycles. The number of aromatic nitrogens is 2. The molecule has 1 spiro atoms. The molecule has 5 heterocycles. The summed E-state index contributed by atoms with van der Waals surface area (Å²) >= 11 is 0. The number of piperidine rings is 3. The molecule has 0 aliphatic carbocycles. The number of fused-ring (bicyclic) bond motifs is 1. The lowest BCUT2D eigenvalue weighted by molar-refractivity contribution is -0.389. The molecular weight excluding hydrogens is 492 g/mol. The number of carbonyl (C=O) groups excluding carboxylic acids is 2. The van der Waals surface area contributed by atoms with E-state index in [9.17, 15) is 24.5 Å². The second-order valence-corrected chi connectivity index (χ2v) is 10.4. The minimum Gasteiger partial charge on any atom is -0.405 e. The van der Waals surface area contributed by atoms with Crippen LogP contribution in [0.15, 0.2) is 45.7 Å². The number of hydrogen-bond acceptors (Lipinski definition) is 9. The predicted molar refractivity (Wildman–Crippen MR) is 138 cm³/mol. The van der Waals surface area contributed by atoms with Gasteiger partial charge in [-0.25, -0.2) is 4.79 Å². The molecule has 12 heteroatoms. The summed E-state index contributed by atoms with van der Waals surface area (Å²) in [4.78, 5) is 55.7. The van der Waals surface area contributed by atoms with Gasteiger partial charge in [0.1, 0.15) is 6.04 Å². The highest BCUT2D eigenvalue weighted by molar-refractivity contribution is 6.00. The van der Waals surface area contributed by atoms with Crippen LogP contribution in [0.4, 0.5) is 17.2 Å². The highest BCUT2D eigenvalue weighted by atomic mass is 16.6. The summed E-state index contributed by atoms with van der Waals surface area (Å²) in [5.41, 5.74) is 3.01. The van der Waals surface area contributed by atoms with E-state index in [1.54, 1.807) is 18.3 Å². The van der Waals surface area contributed by atoms with Gasteiger partial charge in [0.25, 0.3) is 0 Å². The van der Waals surface area contributed by atoms with Gasteiger partial charge in [-0.15, -0.1) is 0 Å². The fourth-order valence-electron chi connectivity index (χ4n) is 6.15. The van der Waals surface area contributed by atoms with Crippen molar-refractivity contribution in [2.24, 2.45) is 5.41 Å². The number of oxazole rings is 1. The molecule has 38 heavy (non-hydrogen) atoms. The first-order chi connectivity index (χ1) is 18.3. The average molecular weight is 521 g/mol. The zero-order valence-corrected chi connectivity index (χ0v) is 20.8. The number of nitrogens with one attached hydrogen (secondary N) is 1. The predicted octanol–water partition coefficient (Wildman–Crippen LogP) is 2.76. The first-order valence-electron chi connectivity index (χ1n) is 12.9. The molecule has 0 saturated carbocycles. The highest BCUT2D eigenvalue weighted by Crippen LogP contribution is 2.44. The number of para-hydroxylation sites is 1. The van der Waals surface area contributed by atoms with Crippen LogP contribution in [0.25, 0.3) is 11.1 Å². The summed E-state index contributed by atoms with van der Waals surface area (Å²) in [6.45, 7) is 3.40. The summed E-state index contributed by atoms with van der Waals surface area (Å²) in [5, 5.41) is 13.2. The Labute approximate surface area is 217 Å². The van der Waals surface area contributed by atoms with Crippen LogP contribution < -0.4 is 20.9 Å². The number of hydrogen-bond donors (Lipinski definition) is 1. The maximum Gasteiger partial charge on any atom is 0.420 e. The molecule has 6 rings (SSSR count). The van der Waals surface area contributed by atoms with Gasteiger partial charge in [0.15, 0.2) is 11.8 Å². The minimum absolute atomic E-state index is 0.145. The third kappa shape index (κ3) is 4.19. The zero-order chi connectivity index (χ0) is 26.4. The first-order valence-corrected chi connectivity index (χ1v) is 12.9. The van der Waals surface area contributed by atoms with Crippen LogP contribution in [-0.4, -0.2) is 52.5 Å². The van der Waals surface area contributed by atoms with Gasteiger partial charge in [0.05, 0.1) is 16.9 Å². The monoisotopic (exact) mass is 520 g/mol. The van der Waals surface area contributed by atoms with Crippen molar-refractivity contribution in [1.82, 2.24) is 14.9 Å². The number of anilines is 2. The van der Waals surface area contributed by atoms with Gasteiger partial charge in [0.2, 0.25) is 11.8 Å². The van der Waals surface area contributed by atoms with Crippen LogP contribution in [0.2, 0.25) is 0 Å². The lowest BCUT2D eigenvalue weighted by atomic mass is 9.71. The van der Waals surface area contributed by atoms with E-state index in [1.807, 2.05) is 12.1 Å². The third-order valence-corrected chi connectivity index (χ3v) is 8.41.